The van der Waals surface area contributed by atoms with Crippen molar-refractivity contribution in [3.05, 3.63) is 83.4 Å². The highest BCUT2D eigenvalue weighted by Gasteiger charge is 2.08. The molecule has 0 radical (unpaired) electrons. The molecule has 2 heterocycles. The Labute approximate surface area is 146 Å². The van der Waals surface area contributed by atoms with E-state index in [1.165, 1.54) is 5.56 Å². The van der Waals surface area contributed by atoms with Gasteiger partial charge in [0.1, 0.15) is 5.69 Å². The van der Waals surface area contributed by atoms with E-state index in [2.05, 4.69) is 31.7 Å². The van der Waals surface area contributed by atoms with Crippen molar-refractivity contribution >= 4 is 11.9 Å². The van der Waals surface area contributed by atoms with Crippen molar-refractivity contribution in [2.24, 2.45) is 0 Å². The van der Waals surface area contributed by atoms with Crippen molar-refractivity contribution in [3.8, 4) is 0 Å². The summed E-state index contributed by atoms with van der Waals surface area (Å²) >= 11 is 0. The zero-order chi connectivity index (χ0) is 17.5. The lowest BCUT2D eigenvalue weighted by Crippen LogP contribution is -2.24. The van der Waals surface area contributed by atoms with Crippen molar-refractivity contribution in [1.82, 2.24) is 20.3 Å². The third-order valence-corrected chi connectivity index (χ3v) is 3.62. The summed E-state index contributed by atoms with van der Waals surface area (Å²) in [6.07, 6.45) is 4.96. The van der Waals surface area contributed by atoms with E-state index in [1.54, 1.807) is 24.7 Å². The monoisotopic (exact) mass is 333 g/mol. The molecule has 0 saturated carbocycles. The maximum absolute atomic E-state index is 12.2. The lowest BCUT2D eigenvalue weighted by Gasteiger charge is -2.08. The Morgan fingerprint density at radius 3 is 2.64 bits per heavy atom. The highest BCUT2D eigenvalue weighted by molar-refractivity contribution is 5.92. The van der Waals surface area contributed by atoms with E-state index in [4.69, 9.17) is 0 Å². The van der Waals surface area contributed by atoms with Crippen LogP contribution < -0.4 is 10.6 Å². The van der Waals surface area contributed by atoms with Crippen molar-refractivity contribution in [3.63, 3.8) is 0 Å². The van der Waals surface area contributed by atoms with Crippen LogP contribution in [-0.4, -0.2) is 20.9 Å². The second-order valence-corrected chi connectivity index (χ2v) is 5.65. The van der Waals surface area contributed by atoms with Crippen LogP contribution >= 0.6 is 0 Å². The molecule has 3 rings (SSSR count). The van der Waals surface area contributed by atoms with Crippen molar-refractivity contribution < 1.29 is 4.79 Å². The molecule has 0 unspecified atom stereocenters. The summed E-state index contributed by atoms with van der Waals surface area (Å²) in [4.78, 5) is 24.6. The standard InChI is InChI=1S/C19H19N5O/c1-14-3-2-4-16(11-14)13-23-19-21-10-7-17(24-19)18(25)22-12-15-5-8-20-9-6-15/h2-11H,12-13H2,1H3,(H,22,25)(H,21,23,24). The number of pyridine rings is 1. The second-order valence-electron chi connectivity index (χ2n) is 5.65. The Hall–Kier alpha value is -3.28. The quantitative estimate of drug-likeness (QED) is 0.725. The number of rotatable bonds is 6. The SMILES string of the molecule is Cc1cccc(CNc2nccc(C(=O)NCc3ccncc3)n2)c1. The minimum atomic E-state index is -0.238. The number of aromatic nitrogens is 3. The molecule has 6 heteroatoms. The molecule has 0 saturated heterocycles. The van der Waals surface area contributed by atoms with Crippen LogP contribution in [0.3, 0.4) is 0 Å². The fraction of sp³-hybridized carbons (Fsp3) is 0.158. The van der Waals surface area contributed by atoms with E-state index in [9.17, 15) is 4.79 Å². The van der Waals surface area contributed by atoms with Gasteiger partial charge in [0.05, 0.1) is 0 Å². The van der Waals surface area contributed by atoms with Crippen LogP contribution in [0.1, 0.15) is 27.2 Å². The van der Waals surface area contributed by atoms with Crippen LogP contribution in [0, 0.1) is 6.92 Å². The minimum Gasteiger partial charge on any atom is -0.350 e. The molecule has 126 valence electrons. The number of anilines is 1. The average Bonchev–Trinajstić information content (AvgIpc) is 2.65. The van der Waals surface area contributed by atoms with Gasteiger partial charge >= 0.3 is 0 Å². The Kier molecular flexibility index (Phi) is 5.31. The predicted octanol–water partition coefficient (Wildman–Crippen LogP) is 2.72. The summed E-state index contributed by atoms with van der Waals surface area (Å²) in [6.45, 7) is 3.08. The predicted molar refractivity (Wildman–Crippen MR) is 95.9 cm³/mol. The van der Waals surface area contributed by atoms with E-state index in [-0.39, 0.29) is 5.91 Å². The van der Waals surface area contributed by atoms with Crippen LogP contribution in [0.2, 0.25) is 0 Å². The van der Waals surface area contributed by atoms with Crippen LogP contribution in [0.25, 0.3) is 0 Å². The van der Waals surface area contributed by atoms with Gasteiger partial charge in [-0.1, -0.05) is 29.8 Å². The molecular formula is C19H19N5O. The van der Waals surface area contributed by atoms with Crippen LogP contribution in [0.5, 0.6) is 0 Å². The molecule has 6 nitrogen and oxygen atoms in total. The topological polar surface area (TPSA) is 79.8 Å². The van der Waals surface area contributed by atoms with E-state index in [1.807, 2.05) is 37.3 Å². The molecule has 1 aromatic carbocycles. The summed E-state index contributed by atoms with van der Waals surface area (Å²) in [6, 6.07) is 13.5. The average molecular weight is 333 g/mol. The van der Waals surface area contributed by atoms with Gasteiger partial charge in [-0.05, 0) is 36.2 Å². The lowest BCUT2D eigenvalue weighted by atomic mass is 10.1. The molecule has 2 N–H and O–H groups in total. The van der Waals surface area contributed by atoms with E-state index >= 15 is 0 Å². The number of nitrogens with zero attached hydrogens (tertiary/aromatic N) is 3. The van der Waals surface area contributed by atoms with Gasteiger partial charge in [-0.15, -0.1) is 0 Å². The number of carbonyl (C=O) groups excluding carboxylic acids is 1. The third-order valence-electron chi connectivity index (χ3n) is 3.62. The number of amides is 1. The molecule has 0 aliphatic heterocycles. The van der Waals surface area contributed by atoms with Crippen LogP contribution in [-0.2, 0) is 13.1 Å². The first-order valence-electron chi connectivity index (χ1n) is 8.00. The van der Waals surface area contributed by atoms with Crippen LogP contribution in [0.4, 0.5) is 5.95 Å². The Bertz CT molecular complexity index is 851. The molecule has 0 bridgehead atoms. The first kappa shape index (κ1) is 16.6. The highest BCUT2D eigenvalue weighted by Crippen LogP contribution is 2.07. The highest BCUT2D eigenvalue weighted by atomic mass is 16.1. The van der Waals surface area contributed by atoms with Gasteiger partial charge in [-0.3, -0.25) is 9.78 Å². The van der Waals surface area contributed by atoms with Gasteiger partial charge in [0.25, 0.3) is 5.91 Å². The summed E-state index contributed by atoms with van der Waals surface area (Å²) in [5.74, 6) is 0.191. The normalized spacial score (nSPS) is 10.3. The zero-order valence-corrected chi connectivity index (χ0v) is 13.9. The molecule has 0 aliphatic carbocycles. The lowest BCUT2D eigenvalue weighted by molar-refractivity contribution is 0.0946. The van der Waals surface area contributed by atoms with Crippen molar-refractivity contribution in [1.29, 1.82) is 0 Å². The van der Waals surface area contributed by atoms with Crippen LogP contribution in [0.15, 0.2) is 61.1 Å². The third kappa shape index (κ3) is 4.84. The molecule has 3 aromatic rings. The zero-order valence-electron chi connectivity index (χ0n) is 13.9. The molecule has 0 spiro atoms. The second kappa shape index (κ2) is 8.01. The van der Waals surface area contributed by atoms with Gasteiger partial charge < -0.3 is 10.6 Å². The fourth-order valence-electron chi connectivity index (χ4n) is 2.35. The molecule has 0 fully saturated rings. The smallest absolute Gasteiger partial charge is 0.270 e. The van der Waals surface area contributed by atoms with Crippen molar-refractivity contribution in [2.45, 2.75) is 20.0 Å². The molecule has 0 atom stereocenters. The van der Waals surface area contributed by atoms with Gasteiger partial charge in [-0.25, -0.2) is 9.97 Å². The maximum Gasteiger partial charge on any atom is 0.270 e. The largest absolute Gasteiger partial charge is 0.350 e. The Morgan fingerprint density at radius 2 is 1.84 bits per heavy atom. The van der Waals surface area contributed by atoms with Gasteiger partial charge in [0.2, 0.25) is 5.95 Å². The van der Waals surface area contributed by atoms with Gasteiger partial charge in [0.15, 0.2) is 0 Å². The van der Waals surface area contributed by atoms with E-state index in [0.29, 0.717) is 24.7 Å². The van der Waals surface area contributed by atoms with E-state index in [0.717, 1.165) is 11.1 Å². The fourth-order valence-corrected chi connectivity index (χ4v) is 2.35. The maximum atomic E-state index is 12.2. The molecule has 0 aliphatic rings. The molecule has 1 amide bonds. The number of nitrogens with one attached hydrogen (secondary N) is 2. The molecular weight excluding hydrogens is 314 g/mol. The molecule has 25 heavy (non-hydrogen) atoms. The summed E-state index contributed by atoms with van der Waals surface area (Å²) in [5.41, 5.74) is 3.65. The summed E-state index contributed by atoms with van der Waals surface area (Å²) in [7, 11) is 0. The van der Waals surface area contributed by atoms with Crippen molar-refractivity contribution in [2.75, 3.05) is 5.32 Å². The number of hydrogen-bond donors (Lipinski definition) is 2. The first-order chi connectivity index (χ1) is 12.2. The van der Waals surface area contributed by atoms with Gasteiger partial charge in [0, 0.05) is 31.7 Å². The Balaban J connectivity index is 1.59. The number of carbonyl (C=O) groups is 1. The number of hydrogen-bond acceptors (Lipinski definition) is 5. The minimum absolute atomic E-state index is 0.238. The number of benzene rings is 1. The summed E-state index contributed by atoms with van der Waals surface area (Å²) in [5, 5.41) is 5.99. The molecule has 2 aromatic heterocycles. The Morgan fingerprint density at radius 1 is 1.00 bits per heavy atom. The van der Waals surface area contributed by atoms with Gasteiger partial charge in [-0.2, -0.15) is 0 Å². The summed E-state index contributed by atoms with van der Waals surface area (Å²) < 4.78 is 0. The number of aryl methyl sites for hydroxylation is 1. The van der Waals surface area contributed by atoms with E-state index < -0.39 is 0 Å². The first-order valence-corrected chi connectivity index (χ1v) is 8.00.